The second-order valence-corrected chi connectivity index (χ2v) is 3.01. The monoisotopic (exact) mass is 169 g/mol. The smallest absolute Gasteiger partial charge is 0.0762 e. The van der Waals surface area contributed by atoms with Gasteiger partial charge in [0.1, 0.15) is 0 Å². The topological polar surface area (TPSA) is 60.9 Å². The van der Waals surface area contributed by atoms with Crippen LogP contribution in [0.4, 0.5) is 0 Å². The molecule has 0 aromatic carbocycles. The van der Waals surface area contributed by atoms with Crippen molar-refractivity contribution in [1.29, 1.82) is 0 Å². The first-order valence-corrected chi connectivity index (χ1v) is 4.07. The lowest BCUT2D eigenvalue weighted by Crippen LogP contribution is -2.28. The fourth-order valence-electron chi connectivity index (χ4n) is 0.908. The largest absolute Gasteiger partial charge is 0.395 e. The van der Waals surface area contributed by atoms with Gasteiger partial charge in [-0.05, 0) is 19.9 Å². The number of nitrogens with zero attached hydrogens (tertiary/aromatic N) is 1. The van der Waals surface area contributed by atoms with E-state index in [1.807, 2.05) is 19.9 Å². The molecule has 1 aromatic rings. The summed E-state index contributed by atoms with van der Waals surface area (Å²) >= 11 is 0. The molecule has 3 N–H and O–H groups in total. The predicted octanol–water partition coefficient (Wildman–Crippen LogP) is 0.189. The number of nitrogens with one attached hydrogen (secondary N) is 2. The fraction of sp³-hybridized carbons (Fsp3) is 0.625. The maximum absolute atomic E-state index is 8.73. The molecule has 0 saturated carbocycles. The molecular formula is C8H15N3O. The van der Waals surface area contributed by atoms with E-state index in [-0.39, 0.29) is 12.6 Å². The van der Waals surface area contributed by atoms with Crippen molar-refractivity contribution in [3.8, 4) is 0 Å². The highest BCUT2D eigenvalue weighted by atomic mass is 16.3. The first-order chi connectivity index (χ1) is 5.72. The van der Waals surface area contributed by atoms with Gasteiger partial charge < -0.3 is 10.4 Å². The van der Waals surface area contributed by atoms with Crippen LogP contribution in [0.5, 0.6) is 0 Å². The zero-order valence-electron chi connectivity index (χ0n) is 7.46. The van der Waals surface area contributed by atoms with Crippen molar-refractivity contribution < 1.29 is 5.11 Å². The van der Waals surface area contributed by atoms with Gasteiger partial charge in [-0.1, -0.05) is 0 Å². The number of aromatic amines is 1. The van der Waals surface area contributed by atoms with Gasteiger partial charge in [0.05, 0.1) is 12.3 Å². The van der Waals surface area contributed by atoms with Crippen LogP contribution >= 0.6 is 0 Å². The molecular weight excluding hydrogens is 154 g/mol. The Morgan fingerprint density at radius 2 is 2.50 bits per heavy atom. The third-order valence-electron chi connectivity index (χ3n) is 1.66. The van der Waals surface area contributed by atoms with Crippen LogP contribution in [-0.4, -0.2) is 28.0 Å². The average Bonchev–Trinajstić information content (AvgIpc) is 2.47. The molecule has 0 aliphatic rings. The number of hydrogen-bond donors (Lipinski definition) is 3. The molecule has 0 fully saturated rings. The summed E-state index contributed by atoms with van der Waals surface area (Å²) in [4.78, 5) is 0. The standard InChI is InChI=1S/C8H15N3O/c1-6-3-8(11-10-6)4-9-7(2)5-12/h3,7,9,12H,4-5H2,1-2H3,(H,10,11). The van der Waals surface area contributed by atoms with Crippen molar-refractivity contribution in [3.05, 3.63) is 17.5 Å². The van der Waals surface area contributed by atoms with Gasteiger partial charge in [0.15, 0.2) is 0 Å². The van der Waals surface area contributed by atoms with Crippen molar-refractivity contribution in [2.45, 2.75) is 26.4 Å². The van der Waals surface area contributed by atoms with Crippen LogP contribution in [0.3, 0.4) is 0 Å². The predicted molar refractivity (Wildman–Crippen MR) is 46.7 cm³/mol. The number of aliphatic hydroxyl groups is 1. The Kier molecular flexibility index (Phi) is 3.25. The Bertz CT molecular complexity index is 234. The van der Waals surface area contributed by atoms with Crippen molar-refractivity contribution in [1.82, 2.24) is 15.5 Å². The van der Waals surface area contributed by atoms with Gasteiger partial charge in [0.2, 0.25) is 0 Å². The van der Waals surface area contributed by atoms with Crippen LogP contribution < -0.4 is 5.32 Å². The molecule has 4 nitrogen and oxygen atoms in total. The Hall–Kier alpha value is -0.870. The number of H-pyrrole nitrogens is 1. The van der Waals surface area contributed by atoms with Gasteiger partial charge in [-0.3, -0.25) is 5.10 Å². The Morgan fingerprint density at radius 3 is 3.00 bits per heavy atom. The van der Waals surface area contributed by atoms with E-state index >= 15 is 0 Å². The molecule has 0 amide bonds. The van der Waals surface area contributed by atoms with Crippen LogP contribution in [0.1, 0.15) is 18.3 Å². The van der Waals surface area contributed by atoms with E-state index in [2.05, 4.69) is 15.5 Å². The zero-order valence-corrected chi connectivity index (χ0v) is 7.46. The van der Waals surface area contributed by atoms with Crippen LogP contribution in [0.15, 0.2) is 6.07 Å². The highest BCUT2D eigenvalue weighted by molar-refractivity contribution is 5.06. The molecule has 0 spiro atoms. The molecule has 1 unspecified atom stereocenters. The minimum Gasteiger partial charge on any atom is -0.395 e. The summed E-state index contributed by atoms with van der Waals surface area (Å²) in [7, 11) is 0. The summed E-state index contributed by atoms with van der Waals surface area (Å²) in [5.41, 5.74) is 2.04. The van der Waals surface area contributed by atoms with Crippen molar-refractivity contribution >= 4 is 0 Å². The number of aliphatic hydroxyl groups excluding tert-OH is 1. The fourth-order valence-corrected chi connectivity index (χ4v) is 0.908. The summed E-state index contributed by atoms with van der Waals surface area (Å²) in [6.45, 7) is 4.75. The molecule has 1 atom stereocenters. The molecule has 0 radical (unpaired) electrons. The van der Waals surface area contributed by atoms with Crippen molar-refractivity contribution in [2.75, 3.05) is 6.61 Å². The molecule has 0 bridgehead atoms. The molecule has 0 aliphatic carbocycles. The summed E-state index contributed by atoms with van der Waals surface area (Å²) in [5.74, 6) is 0. The second-order valence-electron chi connectivity index (χ2n) is 3.01. The molecule has 0 saturated heterocycles. The Balaban J connectivity index is 2.33. The lowest BCUT2D eigenvalue weighted by atomic mass is 10.3. The van der Waals surface area contributed by atoms with E-state index in [0.29, 0.717) is 6.54 Å². The number of aryl methyl sites for hydroxylation is 1. The number of aromatic nitrogens is 2. The summed E-state index contributed by atoms with van der Waals surface area (Å²) in [6, 6.07) is 2.11. The van der Waals surface area contributed by atoms with Crippen molar-refractivity contribution in [3.63, 3.8) is 0 Å². The molecule has 4 heteroatoms. The van der Waals surface area contributed by atoms with E-state index in [1.165, 1.54) is 0 Å². The highest BCUT2D eigenvalue weighted by Crippen LogP contribution is 1.96. The normalized spacial score (nSPS) is 13.2. The van der Waals surface area contributed by atoms with Crippen LogP contribution in [0.2, 0.25) is 0 Å². The highest BCUT2D eigenvalue weighted by Gasteiger charge is 2.00. The van der Waals surface area contributed by atoms with Gasteiger partial charge in [0, 0.05) is 18.3 Å². The van der Waals surface area contributed by atoms with E-state index in [4.69, 9.17) is 5.11 Å². The van der Waals surface area contributed by atoms with Crippen molar-refractivity contribution in [2.24, 2.45) is 0 Å². The van der Waals surface area contributed by atoms with Crippen LogP contribution in [-0.2, 0) is 6.54 Å². The first kappa shape index (κ1) is 9.22. The molecule has 1 rings (SSSR count). The van der Waals surface area contributed by atoms with Gasteiger partial charge >= 0.3 is 0 Å². The van der Waals surface area contributed by atoms with Gasteiger partial charge in [-0.2, -0.15) is 5.10 Å². The molecule has 12 heavy (non-hydrogen) atoms. The lowest BCUT2D eigenvalue weighted by Gasteiger charge is -2.07. The summed E-state index contributed by atoms with van der Waals surface area (Å²) in [6.07, 6.45) is 0. The quantitative estimate of drug-likeness (QED) is 0.603. The van der Waals surface area contributed by atoms with Gasteiger partial charge in [-0.15, -0.1) is 0 Å². The van der Waals surface area contributed by atoms with Crippen LogP contribution in [0.25, 0.3) is 0 Å². The van der Waals surface area contributed by atoms with E-state index in [0.717, 1.165) is 11.4 Å². The van der Waals surface area contributed by atoms with E-state index < -0.39 is 0 Å². The molecule has 0 aliphatic heterocycles. The first-order valence-electron chi connectivity index (χ1n) is 4.07. The SMILES string of the molecule is Cc1cc(CNC(C)CO)n[nH]1. The lowest BCUT2D eigenvalue weighted by molar-refractivity contribution is 0.250. The van der Waals surface area contributed by atoms with Crippen LogP contribution in [0, 0.1) is 6.92 Å². The van der Waals surface area contributed by atoms with E-state index in [1.54, 1.807) is 0 Å². The molecule has 68 valence electrons. The minimum atomic E-state index is 0.127. The number of rotatable bonds is 4. The third-order valence-corrected chi connectivity index (χ3v) is 1.66. The van der Waals surface area contributed by atoms with Gasteiger partial charge in [-0.25, -0.2) is 0 Å². The zero-order chi connectivity index (χ0) is 8.97. The Labute approximate surface area is 72.0 Å². The Morgan fingerprint density at radius 1 is 1.75 bits per heavy atom. The number of hydrogen-bond acceptors (Lipinski definition) is 3. The molecule has 1 heterocycles. The third kappa shape index (κ3) is 2.64. The minimum absolute atomic E-state index is 0.127. The average molecular weight is 169 g/mol. The van der Waals surface area contributed by atoms with Gasteiger partial charge in [0.25, 0.3) is 0 Å². The summed E-state index contributed by atoms with van der Waals surface area (Å²) < 4.78 is 0. The molecule has 1 aromatic heterocycles. The second kappa shape index (κ2) is 4.23. The van der Waals surface area contributed by atoms with E-state index in [9.17, 15) is 0 Å². The summed E-state index contributed by atoms with van der Waals surface area (Å²) in [5, 5.41) is 18.8. The maximum atomic E-state index is 8.73. The maximum Gasteiger partial charge on any atom is 0.0762 e.